The molecule has 1 aromatic carbocycles. The molecular weight excluding hydrogens is 270 g/mol. The van der Waals surface area contributed by atoms with Gasteiger partial charge in [-0.15, -0.1) is 0 Å². The summed E-state index contributed by atoms with van der Waals surface area (Å²) in [6.45, 7) is -2.07. The van der Waals surface area contributed by atoms with Gasteiger partial charge < -0.3 is 5.73 Å². The van der Waals surface area contributed by atoms with Crippen molar-refractivity contribution in [2.75, 3.05) is 5.73 Å². The summed E-state index contributed by atoms with van der Waals surface area (Å²) < 4.78 is 71.0. The molecule has 6 heteroatoms. The molecule has 3 rings (SSSR count). The van der Waals surface area contributed by atoms with Gasteiger partial charge in [0, 0.05) is 20.3 Å². The van der Waals surface area contributed by atoms with Gasteiger partial charge in [0.25, 0.3) is 5.56 Å². The van der Waals surface area contributed by atoms with Crippen LogP contribution in [0.2, 0.25) is 0 Å². The second-order valence-electron chi connectivity index (χ2n) is 4.40. The van der Waals surface area contributed by atoms with E-state index in [2.05, 4.69) is 4.98 Å². The standard InChI is InChI=1S/C15H15N3O3/c1-8-17-11-4-2-3-10(16)14(11)15(21)18(8)12-6-5-9(19)7-13(12)20/h2-4,12H,5-7,16H2,1H3/i1D2,2D,3D,4D,5D2,6D2. The Morgan fingerprint density at radius 2 is 2.29 bits per heavy atom. The normalized spacial score (nSPS) is 30.3. The second kappa shape index (κ2) is 4.80. The number of Topliss-reactive ketones (excluding diaryl/α,β-unsaturated/α-hetero) is 2. The van der Waals surface area contributed by atoms with Gasteiger partial charge in [-0.2, -0.15) is 0 Å². The van der Waals surface area contributed by atoms with Crippen LogP contribution in [-0.4, -0.2) is 21.1 Å². The van der Waals surface area contributed by atoms with Gasteiger partial charge in [-0.3, -0.25) is 19.0 Å². The number of benzene rings is 1. The van der Waals surface area contributed by atoms with Crippen LogP contribution in [0.4, 0.5) is 5.69 Å². The van der Waals surface area contributed by atoms with Crippen molar-refractivity contribution in [1.29, 1.82) is 0 Å². The first-order valence-corrected chi connectivity index (χ1v) is 5.88. The van der Waals surface area contributed by atoms with Crippen LogP contribution in [-0.2, 0) is 9.59 Å². The number of nitrogens with two attached hydrogens (primary N) is 1. The average Bonchev–Trinajstić information content (AvgIpc) is 2.64. The van der Waals surface area contributed by atoms with Crippen LogP contribution in [0.25, 0.3) is 10.9 Å². The Balaban J connectivity index is 2.51. The highest BCUT2D eigenvalue weighted by Gasteiger charge is 2.30. The SMILES string of the molecule is [2H]c1c([2H])c(N)c2c(=O)n(C3C(=O)CC(=O)C([2H])([2H])C3([2H])[2H])c(C([2H])[2H])nc2c1[2H]. The maximum Gasteiger partial charge on any atom is 0.264 e. The molecule has 1 aliphatic rings. The highest BCUT2D eigenvalue weighted by atomic mass is 16.2. The van der Waals surface area contributed by atoms with Crippen molar-refractivity contribution in [3.8, 4) is 0 Å². The number of rotatable bonds is 1. The van der Waals surface area contributed by atoms with E-state index in [1.165, 1.54) is 0 Å². The number of carbonyl (C=O) groups excluding carboxylic acids is 2. The van der Waals surface area contributed by atoms with Crippen LogP contribution in [0.1, 0.15) is 43.4 Å². The van der Waals surface area contributed by atoms with E-state index in [9.17, 15) is 14.4 Å². The monoisotopic (exact) mass is 294 g/mol. The number of nitrogen functional groups attached to an aromatic ring is 1. The summed E-state index contributed by atoms with van der Waals surface area (Å²) in [5.74, 6) is -3.26. The smallest absolute Gasteiger partial charge is 0.264 e. The van der Waals surface area contributed by atoms with Gasteiger partial charge in [-0.05, 0) is 25.3 Å². The molecular formula is C15H15N3O3. The average molecular weight is 294 g/mol. The Morgan fingerprint density at radius 3 is 3.05 bits per heavy atom. The lowest BCUT2D eigenvalue weighted by atomic mass is 9.92. The predicted molar refractivity (Wildman–Crippen MR) is 78.1 cm³/mol. The number of ketones is 2. The molecule has 2 aromatic rings. The first-order chi connectivity index (χ1) is 13.7. The summed E-state index contributed by atoms with van der Waals surface area (Å²) in [5, 5.41) is -0.591. The summed E-state index contributed by atoms with van der Waals surface area (Å²) in [6, 6.07) is -4.25. The molecule has 0 aliphatic heterocycles. The molecule has 2 N–H and O–H groups in total. The zero-order chi connectivity index (χ0) is 22.9. The lowest BCUT2D eigenvalue weighted by molar-refractivity contribution is -0.132. The highest BCUT2D eigenvalue weighted by molar-refractivity contribution is 6.03. The first kappa shape index (κ1) is 6.51. The topological polar surface area (TPSA) is 95.0 Å². The molecule has 0 amide bonds. The Hall–Kier alpha value is -2.50. The Kier molecular flexibility index (Phi) is 1.49. The summed E-state index contributed by atoms with van der Waals surface area (Å²) in [5.41, 5.74) is 3.40. The number of fused-ring (bicyclic) bond motifs is 1. The lowest BCUT2D eigenvalue weighted by Gasteiger charge is -2.24. The Bertz CT molecular complexity index is 1180. The van der Waals surface area contributed by atoms with E-state index in [-0.39, 0.29) is 0 Å². The van der Waals surface area contributed by atoms with E-state index in [4.69, 9.17) is 18.1 Å². The van der Waals surface area contributed by atoms with Crippen LogP contribution in [0.5, 0.6) is 0 Å². The molecule has 0 spiro atoms. The molecule has 0 bridgehead atoms. The summed E-state index contributed by atoms with van der Waals surface area (Å²) in [4.78, 5) is 41.6. The van der Waals surface area contributed by atoms with Gasteiger partial charge in [0.15, 0.2) is 5.78 Å². The van der Waals surface area contributed by atoms with Crippen molar-refractivity contribution < 1.29 is 21.9 Å². The maximum atomic E-state index is 13.2. The first-order valence-electron chi connectivity index (χ1n) is 10.5. The van der Waals surface area contributed by atoms with Crippen molar-refractivity contribution in [3.05, 3.63) is 34.3 Å². The molecule has 1 fully saturated rings. The lowest BCUT2D eigenvalue weighted by Crippen LogP contribution is -2.36. The molecule has 1 unspecified atom stereocenters. The Labute approximate surface area is 133 Å². The van der Waals surface area contributed by atoms with Crippen LogP contribution in [0.15, 0.2) is 22.9 Å². The molecule has 1 atom stereocenters. The molecule has 1 aromatic heterocycles. The number of anilines is 1. The minimum absolute atomic E-state index is 0.318. The summed E-state index contributed by atoms with van der Waals surface area (Å²) in [6.07, 6.45) is -7.41. The third-order valence-electron chi connectivity index (χ3n) is 3.04. The molecule has 21 heavy (non-hydrogen) atoms. The third kappa shape index (κ3) is 2.12. The number of aryl methyl sites for hydroxylation is 1. The van der Waals surface area contributed by atoms with Crippen LogP contribution in [0.3, 0.4) is 0 Å². The Morgan fingerprint density at radius 1 is 1.48 bits per heavy atom. The summed E-state index contributed by atoms with van der Waals surface area (Å²) >= 11 is 0. The van der Waals surface area contributed by atoms with E-state index in [0.29, 0.717) is 4.57 Å². The number of hydrogen-bond donors (Lipinski definition) is 1. The fourth-order valence-corrected chi connectivity index (χ4v) is 2.09. The molecule has 1 heterocycles. The van der Waals surface area contributed by atoms with Gasteiger partial charge in [0.2, 0.25) is 0 Å². The third-order valence-corrected chi connectivity index (χ3v) is 3.04. The minimum atomic E-state index is -3.24. The van der Waals surface area contributed by atoms with Gasteiger partial charge in [-0.25, -0.2) is 4.98 Å². The number of hydrogen-bond acceptors (Lipinski definition) is 5. The van der Waals surface area contributed by atoms with Crippen LogP contribution < -0.4 is 11.3 Å². The zero-order valence-corrected chi connectivity index (χ0v) is 10.6. The molecule has 0 saturated heterocycles. The number of aromatic nitrogens is 2. The van der Waals surface area contributed by atoms with Crippen molar-refractivity contribution in [2.45, 2.75) is 32.1 Å². The van der Waals surface area contributed by atoms with Gasteiger partial charge in [0.1, 0.15) is 11.6 Å². The highest BCUT2D eigenvalue weighted by Crippen LogP contribution is 2.24. The molecule has 1 saturated carbocycles. The molecule has 108 valence electrons. The summed E-state index contributed by atoms with van der Waals surface area (Å²) in [7, 11) is 0. The predicted octanol–water partition coefficient (Wildman–Crippen LogP) is 1.15. The molecule has 1 aliphatic carbocycles. The fraction of sp³-hybridized carbons (Fsp3) is 0.333. The van der Waals surface area contributed by atoms with Crippen LogP contribution >= 0.6 is 0 Å². The van der Waals surface area contributed by atoms with E-state index >= 15 is 0 Å². The number of nitrogens with zero attached hydrogens (tertiary/aromatic N) is 2. The quantitative estimate of drug-likeness (QED) is 0.629. The van der Waals surface area contributed by atoms with Gasteiger partial charge >= 0.3 is 0 Å². The van der Waals surface area contributed by atoms with Gasteiger partial charge in [0.05, 0.1) is 27.5 Å². The van der Waals surface area contributed by atoms with Crippen molar-refractivity contribution in [2.24, 2.45) is 0 Å². The van der Waals surface area contributed by atoms with E-state index in [1.807, 2.05) is 0 Å². The van der Waals surface area contributed by atoms with Crippen LogP contribution in [0, 0.1) is 6.88 Å². The zero-order valence-electron chi connectivity index (χ0n) is 19.6. The van der Waals surface area contributed by atoms with E-state index < -0.39 is 89.8 Å². The van der Waals surface area contributed by atoms with Gasteiger partial charge in [-0.1, -0.05) is 6.04 Å². The maximum absolute atomic E-state index is 13.2. The fourth-order valence-electron chi connectivity index (χ4n) is 2.09. The largest absolute Gasteiger partial charge is 0.398 e. The molecule has 6 nitrogen and oxygen atoms in total. The van der Waals surface area contributed by atoms with Crippen molar-refractivity contribution in [1.82, 2.24) is 9.55 Å². The molecule has 0 radical (unpaired) electrons. The van der Waals surface area contributed by atoms with E-state index in [1.54, 1.807) is 0 Å². The van der Waals surface area contributed by atoms with E-state index in [0.717, 1.165) is 0 Å². The van der Waals surface area contributed by atoms with Crippen molar-refractivity contribution >= 4 is 28.2 Å². The minimum Gasteiger partial charge on any atom is -0.398 e. The van der Waals surface area contributed by atoms with Crippen molar-refractivity contribution in [3.63, 3.8) is 0 Å². The number of carbonyl (C=O) groups is 2. The second-order valence-corrected chi connectivity index (χ2v) is 4.40.